The van der Waals surface area contributed by atoms with E-state index in [0.717, 1.165) is 11.1 Å². The van der Waals surface area contributed by atoms with Crippen molar-refractivity contribution in [2.24, 2.45) is 5.92 Å². The number of ether oxygens (including phenoxy) is 1. The molecule has 0 saturated heterocycles. The Morgan fingerprint density at radius 1 is 1.19 bits per heavy atom. The molecule has 0 unspecified atom stereocenters. The number of carboxylic acid groups (broad SMARTS) is 1. The van der Waals surface area contributed by atoms with Gasteiger partial charge in [-0.1, -0.05) is 26.0 Å². The molecule has 2 aliphatic rings. The van der Waals surface area contributed by atoms with Gasteiger partial charge in [-0.2, -0.15) is 0 Å². The zero-order valence-electron chi connectivity index (χ0n) is 18.2. The summed E-state index contributed by atoms with van der Waals surface area (Å²) >= 11 is 0. The van der Waals surface area contributed by atoms with Crippen LogP contribution in [0, 0.1) is 12.8 Å². The maximum Gasteiger partial charge on any atom is 0.573 e. The highest BCUT2D eigenvalue weighted by Gasteiger charge is 2.44. The monoisotopic (exact) mass is 447 g/mol. The molecule has 1 heterocycles. The SMILES string of the molecule is Cc1cc2c(cc1-c1cc([C@@H]3C[C@H]3C(=O)O)ccc1OC(F)(F)F)N(C)C(=O)CC2(C)C. The molecule has 1 saturated carbocycles. The van der Waals surface area contributed by atoms with E-state index >= 15 is 0 Å². The highest BCUT2D eigenvalue weighted by atomic mass is 19.4. The largest absolute Gasteiger partial charge is 0.573 e. The number of carboxylic acids is 1. The number of rotatable bonds is 4. The van der Waals surface area contributed by atoms with Crippen LogP contribution in [0.25, 0.3) is 11.1 Å². The molecule has 1 aliphatic heterocycles. The van der Waals surface area contributed by atoms with E-state index < -0.39 is 23.7 Å². The van der Waals surface area contributed by atoms with E-state index in [1.807, 2.05) is 26.8 Å². The van der Waals surface area contributed by atoms with E-state index in [9.17, 15) is 27.9 Å². The first kappa shape index (κ1) is 22.2. The molecule has 1 N–H and O–H groups in total. The summed E-state index contributed by atoms with van der Waals surface area (Å²) in [6.45, 7) is 5.74. The molecule has 2 aromatic rings. The van der Waals surface area contributed by atoms with Crippen LogP contribution in [-0.4, -0.2) is 30.4 Å². The predicted octanol–water partition coefficient (Wildman–Crippen LogP) is 5.39. The van der Waals surface area contributed by atoms with E-state index in [2.05, 4.69) is 4.74 Å². The summed E-state index contributed by atoms with van der Waals surface area (Å²) in [7, 11) is 1.65. The lowest BCUT2D eigenvalue weighted by molar-refractivity contribution is -0.274. The van der Waals surface area contributed by atoms with Crippen LogP contribution in [0.4, 0.5) is 18.9 Å². The van der Waals surface area contributed by atoms with E-state index in [4.69, 9.17) is 0 Å². The molecule has 5 nitrogen and oxygen atoms in total. The van der Waals surface area contributed by atoms with Crippen molar-refractivity contribution in [3.05, 3.63) is 47.0 Å². The summed E-state index contributed by atoms with van der Waals surface area (Å²) in [6.07, 6.45) is -4.09. The van der Waals surface area contributed by atoms with Gasteiger partial charge in [0.1, 0.15) is 5.75 Å². The van der Waals surface area contributed by atoms with Crippen molar-refractivity contribution in [1.82, 2.24) is 0 Å². The van der Waals surface area contributed by atoms with Gasteiger partial charge in [0.2, 0.25) is 5.91 Å². The Morgan fingerprint density at radius 2 is 1.88 bits per heavy atom. The lowest BCUT2D eigenvalue weighted by Gasteiger charge is -2.37. The summed E-state index contributed by atoms with van der Waals surface area (Å²) in [4.78, 5) is 25.3. The molecule has 1 amide bonds. The number of anilines is 1. The summed E-state index contributed by atoms with van der Waals surface area (Å²) in [5.74, 6) is -2.13. The molecule has 2 atom stereocenters. The molecular formula is C24H24F3NO4. The average molecular weight is 447 g/mol. The van der Waals surface area contributed by atoms with Crippen LogP contribution in [0.15, 0.2) is 30.3 Å². The molecule has 8 heteroatoms. The van der Waals surface area contributed by atoms with Crippen molar-refractivity contribution in [3.8, 4) is 16.9 Å². The minimum absolute atomic E-state index is 0.0694. The van der Waals surface area contributed by atoms with E-state index in [-0.39, 0.29) is 23.1 Å². The van der Waals surface area contributed by atoms with Crippen LogP contribution in [-0.2, 0) is 15.0 Å². The van der Waals surface area contributed by atoms with Gasteiger partial charge in [-0.3, -0.25) is 9.59 Å². The zero-order chi connectivity index (χ0) is 23.6. The number of fused-ring (bicyclic) bond motifs is 1. The molecule has 0 radical (unpaired) electrons. The number of carbonyl (C=O) groups is 2. The van der Waals surface area contributed by atoms with Gasteiger partial charge < -0.3 is 14.7 Å². The number of hydrogen-bond acceptors (Lipinski definition) is 3. The summed E-state index contributed by atoms with van der Waals surface area (Å²) in [5.41, 5.74) is 3.32. The van der Waals surface area contributed by atoms with E-state index in [0.29, 0.717) is 29.7 Å². The molecule has 32 heavy (non-hydrogen) atoms. The first-order valence-electron chi connectivity index (χ1n) is 10.3. The molecule has 0 aromatic heterocycles. The van der Waals surface area contributed by atoms with Gasteiger partial charge in [0.25, 0.3) is 0 Å². The van der Waals surface area contributed by atoms with Gasteiger partial charge in [-0.25, -0.2) is 0 Å². The van der Waals surface area contributed by atoms with Crippen molar-refractivity contribution in [3.63, 3.8) is 0 Å². The van der Waals surface area contributed by atoms with E-state index in [1.165, 1.54) is 17.0 Å². The normalized spacial score (nSPS) is 21.8. The number of aliphatic carboxylic acids is 1. The number of aryl methyl sites for hydroxylation is 1. The summed E-state index contributed by atoms with van der Waals surface area (Å²) in [6, 6.07) is 7.96. The molecular weight excluding hydrogens is 423 g/mol. The van der Waals surface area contributed by atoms with Crippen LogP contribution in [0.2, 0.25) is 0 Å². The first-order valence-corrected chi connectivity index (χ1v) is 10.3. The number of amides is 1. The van der Waals surface area contributed by atoms with Crippen LogP contribution >= 0.6 is 0 Å². The Hall–Kier alpha value is -3.03. The van der Waals surface area contributed by atoms with Crippen molar-refractivity contribution in [2.45, 2.75) is 51.3 Å². The standard InChI is InChI=1S/C24H24F3NO4/c1-12-7-18-19(28(4)21(29)11-23(18,2)3)10-14(12)16-8-13(15-9-17(15)22(30)31)5-6-20(16)32-24(25,26)27/h5-8,10,15,17H,9,11H2,1-4H3,(H,30,31)/t15-,17+/m0/s1. The number of alkyl halides is 3. The summed E-state index contributed by atoms with van der Waals surface area (Å²) < 4.78 is 43.6. The van der Waals surface area contributed by atoms with Crippen molar-refractivity contribution < 1.29 is 32.6 Å². The number of halogens is 3. The van der Waals surface area contributed by atoms with Crippen molar-refractivity contribution in [2.75, 3.05) is 11.9 Å². The van der Waals surface area contributed by atoms with Crippen molar-refractivity contribution in [1.29, 1.82) is 0 Å². The molecule has 170 valence electrons. The number of nitrogens with zero attached hydrogens (tertiary/aromatic N) is 1. The maximum atomic E-state index is 13.1. The molecule has 2 aromatic carbocycles. The second kappa shape index (κ2) is 7.25. The van der Waals surface area contributed by atoms with Gasteiger partial charge >= 0.3 is 12.3 Å². The Balaban J connectivity index is 1.88. The third kappa shape index (κ3) is 3.94. The zero-order valence-corrected chi connectivity index (χ0v) is 18.2. The molecule has 1 fully saturated rings. The third-order valence-corrected chi connectivity index (χ3v) is 6.46. The Kier molecular flexibility index (Phi) is 5.02. The minimum atomic E-state index is -4.88. The molecule has 4 rings (SSSR count). The Morgan fingerprint density at radius 3 is 2.47 bits per heavy atom. The number of carbonyl (C=O) groups excluding carboxylic acids is 1. The van der Waals surface area contributed by atoms with Crippen LogP contribution in [0.3, 0.4) is 0 Å². The topological polar surface area (TPSA) is 66.8 Å². The molecule has 1 aliphatic carbocycles. The van der Waals surface area contributed by atoms with Gasteiger partial charge in [0, 0.05) is 30.1 Å². The van der Waals surface area contributed by atoms with Crippen molar-refractivity contribution >= 4 is 17.6 Å². The van der Waals surface area contributed by atoms with Crippen LogP contribution < -0.4 is 9.64 Å². The lowest BCUT2D eigenvalue weighted by atomic mass is 9.76. The van der Waals surface area contributed by atoms with Gasteiger partial charge in [-0.15, -0.1) is 13.2 Å². The third-order valence-electron chi connectivity index (χ3n) is 6.46. The number of benzene rings is 2. The highest BCUT2D eigenvalue weighted by Crippen LogP contribution is 2.50. The van der Waals surface area contributed by atoms with Crippen LogP contribution in [0.5, 0.6) is 5.75 Å². The van der Waals surface area contributed by atoms with Gasteiger partial charge in [0.05, 0.1) is 5.92 Å². The molecule has 0 bridgehead atoms. The highest BCUT2D eigenvalue weighted by molar-refractivity contribution is 5.98. The van der Waals surface area contributed by atoms with Crippen LogP contribution in [0.1, 0.15) is 49.3 Å². The second-order valence-electron chi connectivity index (χ2n) is 9.29. The molecule has 0 spiro atoms. The Bertz CT molecular complexity index is 1120. The first-order chi connectivity index (χ1) is 14.8. The number of hydrogen-bond donors (Lipinski definition) is 1. The maximum absolute atomic E-state index is 13.1. The van der Waals surface area contributed by atoms with Gasteiger partial charge in [0.15, 0.2) is 0 Å². The minimum Gasteiger partial charge on any atom is -0.481 e. The smallest absolute Gasteiger partial charge is 0.481 e. The lowest BCUT2D eigenvalue weighted by Crippen LogP contribution is -2.39. The predicted molar refractivity (Wildman–Crippen MR) is 113 cm³/mol. The average Bonchev–Trinajstić information content (AvgIpc) is 3.46. The fourth-order valence-electron chi connectivity index (χ4n) is 4.57. The fraction of sp³-hybridized carbons (Fsp3) is 0.417. The van der Waals surface area contributed by atoms with Gasteiger partial charge in [-0.05, 0) is 59.7 Å². The Labute approximate surface area is 183 Å². The second-order valence-corrected chi connectivity index (χ2v) is 9.29. The van der Waals surface area contributed by atoms with E-state index in [1.54, 1.807) is 19.2 Å². The fourth-order valence-corrected chi connectivity index (χ4v) is 4.57. The quantitative estimate of drug-likeness (QED) is 0.682. The summed E-state index contributed by atoms with van der Waals surface area (Å²) in [5, 5.41) is 9.25.